The minimum atomic E-state index is -1.97. The second-order valence-corrected chi connectivity index (χ2v) is 33.1. The summed E-state index contributed by atoms with van der Waals surface area (Å²) in [5.74, 6) is -21.2. The van der Waals surface area contributed by atoms with Crippen LogP contribution in [0.2, 0.25) is 0 Å². The van der Waals surface area contributed by atoms with Crippen LogP contribution in [0.25, 0.3) is 0 Å². The number of unbranched alkanes of at least 4 members (excludes halogenated alkanes) is 3. The number of halogens is 1. The van der Waals surface area contributed by atoms with Crippen molar-refractivity contribution in [2.24, 2.45) is 95.2 Å². The van der Waals surface area contributed by atoms with E-state index in [1.165, 1.54) is 26.0 Å². The average Bonchev–Trinajstić information content (AvgIpc) is 0.842. The summed E-state index contributed by atoms with van der Waals surface area (Å²) in [4.78, 5) is 272. The number of hydrogen-bond acceptors (Lipinski definition) is 29. The fraction of sp³-hybridized carbons (Fsp3) is 0.595. The number of nitrogens with two attached hydrogens (primary N) is 14. The summed E-state index contributed by atoms with van der Waals surface area (Å²) in [5, 5.41) is 60.2. The molecule has 19 amide bonds. The van der Waals surface area contributed by atoms with Crippen molar-refractivity contribution in [3.63, 3.8) is 0 Å². The molecule has 0 heterocycles. The molecule has 0 aromatic heterocycles. The van der Waals surface area contributed by atoms with Gasteiger partial charge in [-0.05, 0) is 180 Å². The van der Waals surface area contributed by atoms with E-state index < -0.39 is 253 Å². The maximum Gasteiger partial charge on any atom is 0.245 e. The van der Waals surface area contributed by atoms with Crippen LogP contribution >= 0.6 is 0 Å². The number of nitrogens with zero attached hydrogens (tertiary/aromatic N) is 3. The molecule has 0 aliphatic carbocycles. The first-order valence-electron chi connectivity index (χ1n) is 45.1. The Morgan fingerprint density at radius 1 is 0.374 bits per heavy atom. The number of rotatable bonds is 69. The Kier molecular flexibility index (Phi) is 56.3. The minimum absolute atomic E-state index is 0.00371. The fourth-order valence-corrected chi connectivity index (χ4v) is 13.2. The molecular weight excluding hydrogens is 1830 g/mol. The van der Waals surface area contributed by atoms with Gasteiger partial charge in [0.25, 0.3) is 0 Å². The van der Waals surface area contributed by atoms with Gasteiger partial charge < -0.3 is 176 Å². The summed E-state index contributed by atoms with van der Waals surface area (Å²) in [6, 6.07) is -8.56. The van der Waals surface area contributed by atoms with E-state index in [-0.39, 0.29) is 160 Å². The maximum atomic E-state index is 14.7. The molecule has 0 aliphatic heterocycles. The molecule has 1 unspecified atom stereocenters. The summed E-state index contributed by atoms with van der Waals surface area (Å²) in [5.41, 5.74) is 77.7. The molecule has 0 spiro atoms. The fourth-order valence-electron chi connectivity index (χ4n) is 13.2. The lowest BCUT2D eigenvalue weighted by atomic mass is 10.0. The van der Waals surface area contributed by atoms with E-state index in [4.69, 9.17) is 80.3 Å². The number of aliphatic hydroxyl groups is 2. The minimum Gasteiger partial charge on any atom is -0.394 e. The third-order valence-corrected chi connectivity index (χ3v) is 20.8. The lowest BCUT2D eigenvalue weighted by Gasteiger charge is -2.29. The number of guanidine groups is 3. The Morgan fingerprint density at radius 2 is 0.748 bits per heavy atom. The highest BCUT2D eigenvalue weighted by molar-refractivity contribution is 6.02. The molecule has 2 aromatic carbocycles. The van der Waals surface area contributed by atoms with Gasteiger partial charge in [0.15, 0.2) is 17.9 Å². The largest absolute Gasteiger partial charge is 0.394 e. The van der Waals surface area contributed by atoms with Gasteiger partial charge in [0.2, 0.25) is 112 Å². The highest BCUT2D eigenvalue weighted by atomic mass is 19.1. The zero-order valence-corrected chi connectivity index (χ0v) is 78.5. The molecule has 0 fully saturated rings. The second-order valence-electron chi connectivity index (χ2n) is 33.1. The summed E-state index contributed by atoms with van der Waals surface area (Å²) in [6.45, 7) is 1.43. The van der Waals surface area contributed by atoms with Crippen molar-refractivity contribution < 1.29 is 106 Å². The molecule has 139 heavy (non-hydrogen) atoms. The van der Waals surface area contributed by atoms with Crippen molar-refractivity contribution in [1.29, 1.82) is 0 Å². The van der Waals surface area contributed by atoms with Gasteiger partial charge in [-0.25, -0.2) is 4.39 Å². The number of hydrogen-bond donors (Lipinski definition) is 32. The van der Waals surface area contributed by atoms with Crippen molar-refractivity contribution in [3.05, 3.63) is 71.5 Å². The topological polar surface area (TPSA) is 959 Å². The number of amides is 19. The van der Waals surface area contributed by atoms with E-state index in [1.807, 2.05) is 0 Å². The molecule has 0 aliphatic rings. The number of carbonyl (C=O) groups excluding carboxylic acids is 19. The van der Waals surface area contributed by atoms with E-state index >= 15 is 0 Å². The lowest BCUT2D eigenvalue weighted by molar-refractivity contribution is -0.137. The number of aliphatic hydroxyl groups excluding tert-OH is 2. The third kappa shape index (κ3) is 48.9. The summed E-state index contributed by atoms with van der Waals surface area (Å²) in [6.07, 6.45) is -3.45. The van der Waals surface area contributed by atoms with E-state index in [9.17, 15) is 106 Å². The van der Waals surface area contributed by atoms with Gasteiger partial charge >= 0.3 is 0 Å². The van der Waals surface area contributed by atoms with Crippen LogP contribution in [0.3, 0.4) is 0 Å². The maximum absolute atomic E-state index is 14.7. The first-order valence-corrected chi connectivity index (χ1v) is 45.1. The number of benzene rings is 2. The molecule has 0 saturated carbocycles. The SMILES string of the molecule is C[C@H](NC(=O)[C@H](CO)NC(=O)[C@H](CCCCN)NC(=O)[C@H](CCCN=C(N)N)NC(=O)C(C)(C)NC(=O)CNC(=O)[C@@H](NC(=O)[C@H](Cc1ccc(F)cc1)NC(=O)CNC(=O)C(CN)NC(=O)[C@@H](N)Cc1ccccc1)[C@@H](C)O)C(=O)N[C@@H](CCCN=C(N)N)C(=O)N[C@@H](CCCCN)C(=O)N[C@@H](CCCN=C(N)N)C(=O)N[C@@H](CCCCN)C(=O)N[C@@H](CC(N)=O)C(=O)N[C@@H](CCC(N)=O)C(N)=O. The molecule has 0 bridgehead atoms. The van der Waals surface area contributed by atoms with Crippen LogP contribution in [-0.2, 0) is 104 Å². The second kappa shape index (κ2) is 64.8. The molecule has 0 radical (unpaired) electrons. The van der Waals surface area contributed by atoms with Crippen LogP contribution in [-0.4, -0.2) is 302 Å². The molecule has 776 valence electrons. The smallest absolute Gasteiger partial charge is 0.245 e. The third-order valence-electron chi connectivity index (χ3n) is 20.8. The molecule has 15 atom stereocenters. The number of primary amides is 3. The zero-order valence-electron chi connectivity index (χ0n) is 78.5. The predicted molar refractivity (Wildman–Crippen MR) is 505 cm³/mol. The lowest BCUT2D eigenvalue weighted by Crippen LogP contribution is -2.62. The summed E-state index contributed by atoms with van der Waals surface area (Å²) >= 11 is 0. The van der Waals surface area contributed by atoms with Crippen molar-refractivity contribution in [2.45, 2.75) is 252 Å². The highest BCUT2D eigenvalue weighted by Crippen LogP contribution is 2.15. The molecule has 55 heteroatoms. The van der Waals surface area contributed by atoms with E-state index in [1.54, 1.807) is 30.3 Å². The molecule has 54 nitrogen and oxygen atoms in total. The van der Waals surface area contributed by atoms with Gasteiger partial charge in [0.1, 0.15) is 89.9 Å². The van der Waals surface area contributed by atoms with Crippen LogP contribution in [0.1, 0.15) is 154 Å². The quantitative estimate of drug-likeness (QED) is 0.0166. The van der Waals surface area contributed by atoms with Gasteiger partial charge in [-0.1, -0.05) is 42.5 Å². The number of nitrogens with one attached hydrogen (secondary N) is 16. The van der Waals surface area contributed by atoms with Gasteiger partial charge in [0, 0.05) is 39.0 Å². The standard InChI is InChI=1S/C84H142FN33O21/c1-44(67(126)108-54(22-14-34-100-81(94)95)71(130)109-51(19-8-11-31-86)70(129)112-55(23-15-35-101-82(96)97)72(131)110-52(20-9-12-32-87)73(132)113-58(39-62(92)122)76(135)107-50(66(93)125)29-30-61(91)121)105-78(137)60(43-119)115-74(133)53(21-10-13-33-88)111-75(134)56(24-16-36-102-83(98)99)116-80(139)84(3,4)118-64(124)42-104-79(138)65(45(2)120)117-77(136)57(38-47-25-27-48(85)28-26-47)106-63(123)41-103-69(128)59(40-89)114-68(127)49(90)37-46-17-6-5-7-18-46/h5-7,17-18,25-28,44-45,49-60,65,119-120H,8-16,19-24,29-43,86-90H2,1-4H3,(H2,91,121)(H2,92,122)(H2,93,125)(H,103,128)(H,104,138)(H,105,137)(H,106,123)(H,107,135)(H,108,126)(H,109,130)(H,110,131)(H,111,134)(H,112,129)(H,113,132)(H,114,127)(H,115,133)(H,116,139)(H,117,136)(H,118,124)(H4,94,95,100)(H4,96,97,101)(H4,98,99,102)/t44-,45+,49-,50-,51-,52-,53-,54-,55-,56-,57-,58-,59?,60-,65-/m0/s1. The first-order chi connectivity index (χ1) is 65.6. The molecule has 46 N–H and O–H groups in total. The van der Waals surface area contributed by atoms with Gasteiger partial charge in [0.05, 0.1) is 38.3 Å². The first kappa shape index (κ1) is 121. The number of aliphatic imine (C=N–C) groups is 3. The van der Waals surface area contributed by atoms with E-state index in [0.717, 1.165) is 31.5 Å². The molecule has 2 rings (SSSR count). The Labute approximate surface area is 802 Å². The van der Waals surface area contributed by atoms with Gasteiger partial charge in [-0.2, -0.15) is 0 Å². The van der Waals surface area contributed by atoms with Crippen LogP contribution in [0, 0.1) is 5.82 Å². The van der Waals surface area contributed by atoms with Crippen LogP contribution in [0.4, 0.5) is 4.39 Å². The average molecular weight is 1970 g/mol. The van der Waals surface area contributed by atoms with Crippen molar-refractivity contribution in [1.82, 2.24) is 85.1 Å². The number of carbonyl (C=O) groups is 19. The van der Waals surface area contributed by atoms with Gasteiger partial charge in [-0.15, -0.1) is 0 Å². The highest BCUT2D eigenvalue weighted by Gasteiger charge is 2.40. The Balaban J connectivity index is 2.44. The van der Waals surface area contributed by atoms with Crippen molar-refractivity contribution in [3.8, 4) is 0 Å². The molecular formula is C84H142FN33O21. The van der Waals surface area contributed by atoms with Gasteiger partial charge in [-0.3, -0.25) is 106 Å². The monoisotopic (exact) mass is 1970 g/mol. The molecule has 2 aromatic rings. The Bertz CT molecular complexity index is 4490. The Hall–Kier alpha value is -14.2. The summed E-state index contributed by atoms with van der Waals surface area (Å²) in [7, 11) is 0. The van der Waals surface area contributed by atoms with E-state index in [2.05, 4.69) is 100 Å². The summed E-state index contributed by atoms with van der Waals surface area (Å²) < 4.78 is 14.0. The molecule has 0 saturated heterocycles. The van der Waals surface area contributed by atoms with Crippen LogP contribution in [0.5, 0.6) is 0 Å². The van der Waals surface area contributed by atoms with Crippen LogP contribution < -0.4 is 165 Å². The Morgan fingerprint density at radius 3 is 1.16 bits per heavy atom. The van der Waals surface area contributed by atoms with Crippen molar-refractivity contribution >= 4 is 130 Å². The zero-order chi connectivity index (χ0) is 105. The van der Waals surface area contributed by atoms with Crippen LogP contribution in [0.15, 0.2) is 69.6 Å². The predicted octanol–water partition coefficient (Wildman–Crippen LogP) is -14.1. The van der Waals surface area contributed by atoms with E-state index in [0.29, 0.717) is 18.4 Å². The normalized spacial score (nSPS) is 14.3. The van der Waals surface area contributed by atoms with Crippen molar-refractivity contribution in [2.75, 3.05) is 65.5 Å².